The normalized spacial score (nSPS) is 12.6. The predicted octanol–water partition coefficient (Wildman–Crippen LogP) is 3.39. The molecule has 0 aliphatic carbocycles. The summed E-state index contributed by atoms with van der Waals surface area (Å²) in [7, 11) is 0. The van der Waals surface area contributed by atoms with E-state index >= 15 is 0 Å². The SMILES string of the molecule is O=C(Nc1ccccc1)c1ccc(NCCc2cc(F)cc3c2OCOC3)nn1. The molecule has 1 aromatic heterocycles. The Balaban J connectivity index is 1.34. The number of carbonyl (C=O) groups is 1. The third-order valence-corrected chi connectivity index (χ3v) is 4.38. The van der Waals surface area contributed by atoms with E-state index < -0.39 is 0 Å². The summed E-state index contributed by atoms with van der Waals surface area (Å²) in [5.74, 6) is 0.552. The molecule has 148 valence electrons. The number of para-hydroxylation sites is 1. The van der Waals surface area contributed by atoms with Gasteiger partial charge in [0.1, 0.15) is 17.4 Å². The molecule has 0 unspecified atom stereocenters. The standard InChI is InChI=1S/C21H19FN4O3/c22-16-10-14(20-15(11-16)12-28-13-29-20)8-9-23-19-7-6-18(25-26-19)21(27)24-17-4-2-1-3-5-17/h1-7,10-11H,8-9,12-13H2,(H,23,26)(H,24,27). The number of fused-ring (bicyclic) bond motifs is 1. The average molecular weight is 394 g/mol. The maximum atomic E-state index is 13.8. The van der Waals surface area contributed by atoms with Crippen molar-refractivity contribution in [1.29, 1.82) is 0 Å². The van der Waals surface area contributed by atoms with Gasteiger partial charge in [-0.15, -0.1) is 10.2 Å². The minimum atomic E-state index is -0.332. The zero-order valence-electron chi connectivity index (χ0n) is 15.5. The zero-order chi connectivity index (χ0) is 20.1. The number of nitrogens with one attached hydrogen (secondary N) is 2. The Labute approximate surface area is 166 Å². The highest BCUT2D eigenvalue weighted by molar-refractivity contribution is 6.02. The first-order valence-electron chi connectivity index (χ1n) is 9.15. The van der Waals surface area contributed by atoms with E-state index in [2.05, 4.69) is 20.8 Å². The molecule has 0 saturated heterocycles. The summed E-state index contributed by atoms with van der Waals surface area (Å²) in [6.45, 7) is 1.01. The van der Waals surface area contributed by atoms with Gasteiger partial charge in [0.2, 0.25) is 0 Å². The number of amides is 1. The van der Waals surface area contributed by atoms with E-state index in [1.54, 1.807) is 24.3 Å². The third kappa shape index (κ3) is 4.67. The number of hydrogen-bond acceptors (Lipinski definition) is 6. The van der Waals surface area contributed by atoms with Crippen LogP contribution in [0.15, 0.2) is 54.6 Å². The van der Waals surface area contributed by atoms with Gasteiger partial charge in [-0.3, -0.25) is 4.79 Å². The Bertz CT molecular complexity index is 997. The highest BCUT2D eigenvalue weighted by Gasteiger charge is 2.16. The third-order valence-electron chi connectivity index (χ3n) is 4.38. The number of nitrogens with zero attached hydrogens (tertiary/aromatic N) is 2. The number of hydrogen-bond donors (Lipinski definition) is 2. The van der Waals surface area contributed by atoms with Crippen LogP contribution in [0.1, 0.15) is 21.6 Å². The first kappa shape index (κ1) is 18.8. The van der Waals surface area contributed by atoms with E-state index in [1.165, 1.54) is 12.1 Å². The highest BCUT2D eigenvalue weighted by Crippen LogP contribution is 2.29. The van der Waals surface area contributed by atoms with Crippen LogP contribution < -0.4 is 15.4 Å². The molecule has 2 N–H and O–H groups in total. The highest BCUT2D eigenvalue weighted by atomic mass is 19.1. The molecule has 8 heteroatoms. The van der Waals surface area contributed by atoms with Crippen molar-refractivity contribution in [2.75, 3.05) is 24.0 Å². The van der Waals surface area contributed by atoms with Crippen molar-refractivity contribution in [3.63, 3.8) is 0 Å². The average Bonchev–Trinajstić information content (AvgIpc) is 2.75. The van der Waals surface area contributed by atoms with Crippen LogP contribution in [-0.4, -0.2) is 29.4 Å². The number of rotatable bonds is 6. The molecule has 4 rings (SSSR count). The quantitative estimate of drug-likeness (QED) is 0.667. The lowest BCUT2D eigenvalue weighted by atomic mass is 10.1. The number of ether oxygens (including phenoxy) is 2. The van der Waals surface area contributed by atoms with Gasteiger partial charge in [0, 0.05) is 17.8 Å². The predicted molar refractivity (Wildman–Crippen MR) is 105 cm³/mol. The van der Waals surface area contributed by atoms with Gasteiger partial charge in [0.15, 0.2) is 12.5 Å². The summed E-state index contributed by atoms with van der Waals surface area (Å²) < 4.78 is 24.5. The summed E-state index contributed by atoms with van der Waals surface area (Å²) in [5.41, 5.74) is 2.38. The zero-order valence-corrected chi connectivity index (χ0v) is 15.5. The van der Waals surface area contributed by atoms with Gasteiger partial charge in [0.05, 0.1) is 6.61 Å². The van der Waals surface area contributed by atoms with Crippen LogP contribution in [0.25, 0.3) is 0 Å². The summed E-state index contributed by atoms with van der Waals surface area (Å²) in [6.07, 6.45) is 0.540. The van der Waals surface area contributed by atoms with Crippen molar-refractivity contribution in [2.24, 2.45) is 0 Å². The van der Waals surface area contributed by atoms with Crippen molar-refractivity contribution >= 4 is 17.4 Å². The van der Waals surface area contributed by atoms with E-state index in [1.807, 2.05) is 18.2 Å². The molecule has 3 aromatic rings. The summed E-state index contributed by atoms with van der Waals surface area (Å²) >= 11 is 0. The largest absolute Gasteiger partial charge is 0.467 e. The van der Waals surface area contributed by atoms with E-state index in [9.17, 15) is 9.18 Å². The van der Waals surface area contributed by atoms with Crippen molar-refractivity contribution in [1.82, 2.24) is 10.2 Å². The Morgan fingerprint density at radius 2 is 1.97 bits per heavy atom. The van der Waals surface area contributed by atoms with Gasteiger partial charge < -0.3 is 20.1 Å². The molecule has 2 aromatic carbocycles. The number of anilines is 2. The van der Waals surface area contributed by atoms with E-state index in [-0.39, 0.29) is 24.2 Å². The molecule has 1 aliphatic rings. The van der Waals surface area contributed by atoms with Gasteiger partial charge in [-0.25, -0.2) is 4.39 Å². The van der Waals surface area contributed by atoms with E-state index in [0.717, 1.165) is 5.56 Å². The first-order valence-corrected chi connectivity index (χ1v) is 9.15. The molecule has 1 aliphatic heterocycles. The van der Waals surface area contributed by atoms with Crippen LogP contribution in [0.5, 0.6) is 5.75 Å². The number of benzene rings is 2. The van der Waals surface area contributed by atoms with Gasteiger partial charge in [-0.2, -0.15) is 0 Å². The molecular weight excluding hydrogens is 375 g/mol. The number of aromatic nitrogens is 2. The maximum absolute atomic E-state index is 13.8. The van der Waals surface area contributed by atoms with Crippen molar-refractivity contribution in [3.8, 4) is 5.75 Å². The monoisotopic (exact) mass is 394 g/mol. The lowest BCUT2D eigenvalue weighted by molar-refractivity contribution is -0.0172. The van der Waals surface area contributed by atoms with Crippen LogP contribution in [0.2, 0.25) is 0 Å². The van der Waals surface area contributed by atoms with Crippen LogP contribution in [0.4, 0.5) is 15.9 Å². The van der Waals surface area contributed by atoms with Gasteiger partial charge in [0.25, 0.3) is 5.91 Å². The Morgan fingerprint density at radius 3 is 2.76 bits per heavy atom. The van der Waals surface area contributed by atoms with Crippen LogP contribution in [-0.2, 0) is 17.8 Å². The van der Waals surface area contributed by atoms with Crippen molar-refractivity contribution in [3.05, 3.63) is 77.2 Å². The summed E-state index contributed by atoms with van der Waals surface area (Å²) in [5, 5.41) is 13.9. The summed E-state index contributed by atoms with van der Waals surface area (Å²) in [6, 6.07) is 15.3. The fourth-order valence-electron chi connectivity index (χ4n) is 3.03. The molecule has 0 radical (unpaired) electrons. The Morgan fingerprint density at radius 1 is 1.10 bits per heavy atom. The second kappa shape index (κ2) is 8.66. The number of halogens is 1. The van der Waals surface area contributed by atoms with Crippen LogP contribution in [0.3, 0.4) is 0 Å². The van der Waals surface area contributed by atoms with E-state index in [4.69, 9.17) is 9.47 Å². The fraction of sp³-hybridized carbons (Fsp3) is 0.190. The van der Waals surface area contributed by atoms with Crippen molar-refractivity contribution < 1.29 is 18.7 Å². The smallest absolute Gasteiger partial charge is 0.276 e. The molecule has 7 nitrogen and oxygen atoms in total. The lowest BCUT2D eigenvalue weighted by Gasteiger charge is -2.21. The molecule has 29 heavy (non-hydrogen) atoms. The number of carbonyl (C=O) groups excluding carboxylic acids is 1. The topological polar surface area (TPSA) is 85.4 Å². The Hall–Kier alpha value is -3.52. The van der Waals surface area contributed by atoms with Crippen molar-refractivity contribution in [2.45, 2.75) is 13.0 Å². The molecule has 1 amide bonds. The second-order valence-corrected chi connectivity index (χ2v) is 6.46. The molecular formula is C21H19FN4O3. The minimum Gasteiger partial charge on any atom is -0.467 e. The molecule has 2 heterocycles. The lowest BCUT2D eigenvalue weighted by Crippen LogP contribution is -2.16. The van der Waals surface area contributed by atoms with Gasteiger partial charge >= 0.3 is 0 Å². The van der Waals surface area contributed by atoms with Crippen LogP contribution >= 0.6 is 0 Å². The summed E-state index contributed by atoms with van der Waals surface area (Å²) in [4.78, 5) is 12.2. The van der Waals surface area contributed by atoms with Crippen LogP contribution in [0, 0.1) is 5.82 Å². The second-order valence-electron chi connectivity index (χ2n) is 6.46. The fourth-order valence-corrected chi connectivity index (χ4v) is 3.03. The van der Waals surface area contributed by atoms with Gasteiger partial charge in [-0.05, 0) is 48.4 Å². The van der Waals surface area contributed by atoms with Gasteiger partial charge in [-0.1, -0.05) is 18.2 Å². The molecule has 0 saturated carbocycles. The maximum Gasteiger partial charge on any atom is 0.276 e. The minimum absolute atomic E-state index is 0.164. The Kier molecular flexibility index (Phi) is 5.62. The molecule has 0 spiro atoms. The molecule has 0 bridgehead atoms. The first-order chi connectivity index (χ1) is 14.2. The van der Waals surface area contributed by atoms with E-state index in [0.29, 0.717) is 42.4 Å². The molecule has 0 fully saturated rings. The molecule has 0 atom stereocenters.